The fourth-order valence-electron chi connectivity index (χ4n) is 1.65. The van der Waals surface area contributed by atoms with E-state index in [1.54, 1.807) is 0 Å². The Hall–Kier alpha value is -1.02. The maximum atomic E-state index is 11.5. The summed E-state index contributed by atoms with van der Waals surface area (Å²) in [5.41, 5.74) is 1.05. The Bertz CT molecular complexity index is 360. The third-order valence-corrected chi connectivity index (χ3v) is 3.07. The van der Waals surface area contributed by atoms with Crippen molar-refractivity contribution < 1.29 is 4.79 Å². The maximum Gasteiger partial charge on any atom is 0.223 e. The second kappa shape index (κ2) is 4.67. The van der Waals surface area contributed by atoms with Crippen LogP contribution in [0.25, 0.3) is 0 Å². The fraction of sp³-hybridized carbons (Fsp3) is 0.417. The Morgan fingerprint density at radius 3 is 2.87 bits per heavy atom. The Morgan fingerprint density at radius 1 is 1.47 bits per heavy atom. The van der Waals surface area contributed by atoms with Crippen molar-refractivity contribution in [3.05, 3.63) is 34.9 Å². The number of halogens is 1. The number of hydrogen-bond acceptors (Lipinski definition) is 1. The predicted octanol–water partition coefficient (Wildman–Crippen LogP) is 2.76. The van der Waals surface area contributed by atoms with Gasteiger partial charge in [-0.05, 0) is 30.5 Å². The van der Waals surface area contributed by atoms with Crippen LogP contribution in [0.5, 0.6) is 0 Å². The molecule has 1 aliphatic rings. The minimum absolute atomic E-state index is 0.182. The molecular weight excluding hydrogens is 210 g/mol. The zero-order chi connectivity index (χ0) is 10.7. The molecule has 2 nitrogen and oxygen atoms in total. The van der Waals surface area contributed by atoms with Crippen LogP contribution < -0.4 is 5.32 Å². The molecule has 3 heteroatoms. The number of rotatable bonds is 3. The molecule has 0 radical (unpaired) electrons. The van der Waals surface area contributed by atoms with Crippen molar-refractivity contribution in [2.45, 2.75) is 25.8 Å². The molecule has 0 aliphatic heterocycles. The zero-order valence-corrected chi connectivity index (χ0v) is 9.26. The lowest BCUT2D eigenvalue weighted by Gasteiger charge is -2.24. The predicted molar refractivity (Wildman–Crippen MR) is 60.6 cm³/mol. The first kappa shape index (κ1) is 10.5. The maximum absolute atomic E-state index is 11.5. The molecule has 2 rings (SSSR count). The van der Waals surface area contributed by atoms with Gasteiger partial charge in [0, 0.05) is 17.5 Å². The van der Waals surface area contributed by atoms with Crippen molar-refractivity contribution in [1.82, 2.24) is 5.32 Å². The summed E-state index contributed by atoms with van der Waals surface area (Å²) in [6.07, 6.45) is 3.28. The number of carbonyl (C=O) groups excluding carboxylic acids is 1. The summed E-state index contributed by atoms with van der Waals surface area (Å²) in [5.74, 6) is 0.436. The topological polar surface area (TPSA) is 29.1 Å². The lowest BCUT2D eigenvalue weighted by atomic mass is 9.85. The highest BCUT2D eigenvalue weighted by Gasteiger charge is 2.24. The second-order valence-corrected chi connectivity index (χ2v) is 4.41. The number of benzene rings is 1. The standard InChI is InChI=1S/C12H14ClNO/c13-11-6-1-3-9(7-11)8-14-12(15)10-4-2-5-10/h1,3,6-7,10H,2,4-5,8H2,(H,14,15). The third-order valence-electron chi connectivity index (χ3n) is 2.83. The molecule has 0 bridgehead atoms. The summed E-state index contributed by atoms with van der Waals surface area (Å²) in [4.78, 5) is 11.5. The van der Waals surface area contributed by atoms with E-state index in [0.29, 0.717) is 11.6 Å². The van der Waals surface area contributed by atoms with E-state index in [-0.39, 0.29) is 11.8 Å². The van der Waals surface area contributed by atoms with Gasteiger partial charge in [-0.15, -0.1) is 0 Å². The van der Waals surface area contributed by atoms with Crippen molar-refractivity contribution in [2.24, 2.45) is 5.92 Å². The second-order valence-electron chi connectivity index (χ2n) is 3.98. The minimum Gasteiger partial charge on any atom is -0.352 e. The van der Waals surface area contributed by atoms with E-state index in [2.05, 4.69) is 5.32 Å². The zero-order valence-electron chi connectivity index (χ0n) is 8.50. The van der Waals surface area contributed by atoms with Gasteiger partial charge in [-0.3, -0.25) is 4.79 Å². The first-order valence-electron chi connectivity index (χ1n) is 5.28. The minimum atomic E-state index is 0.182. The highest BCUT2D eigenvalue weighted by molar-refractivity contribution is 6.30. The van der Waals surface area contributed by atoms with E-state index in [1.165, 1.54) is 6.42 Å². The molecule has 0 unspecified atom stereocenters. The monoisotopic (exact) mass is 223 g/mol. The third kappa shape index (κ3) is 2.72. The van der Waals surface area contributed by atoms with Gasteiger partial charge >= 0.3 is 0 Å². The molecule has 1 saturated carbocycles. The van der Waals surface area contributed by atoms with Crippen LogP contribution in [0.15, 0.2) is 24.3 Å². The van der Waals surface area contributed by atoms with Gasteiger partial charge in [0.25, 0.3) is 0 Å². The molecule has 1 aromatic carbocycles. The van der Waals surface area contributed by atoms with Gasteiger partial charge in [-0.1, -0.05) is 30.2 Å². The van der Waals surface area contributed by atoms with Gasteiger partial charge in [0.1, 0.15) is 0 Å². The first-order chi connectivity index (χ1) is 7.25. The molecule has 1 amide bonds. The van der Waals surface area contributed by atoms with Gasteiger partial charge in [0.15, 0.2) is 0 Å². The van der Waals surface area contributed by atoms with Crippen LogP contribution in [0, 0.1) is 5.92 Å². The van der Waals surface area contributed by atoms with E-state index < -0.39 is 0 Å². The number of amides is 1. The lowest BCUT2D eigenvalue weighted by molar-refractivity contribution is -0.127. The highest BCUT2D eigenvalue weighted by Crippen LogP contribution is 2.26. The summed E-state index contributed by atoms with van der Waals surface area (Å²) in [5, 5.41) is 3.64. The quantitative estimate of drug-likeness (QED) is 0.839. The Balaban J connectivity index is 1.84. The molecule has 0 atom stereocenters. The molecule has 15 heavy (non-hydrogen) atoms. The average Bonchev–Trinajstić information content (AvgIpc) is 2.12. The molecule has 0 spiro atoms. The normalized spacial score (nSPS) is 15.8. The van der Waals surface area contributed by atoms with E-state index >= 15 is 0 Å². The fourth-order valence-corrected chi connectivity index (χ4v) is 1.86. The SMILES string of the molecule is O=C(NCc1cccc(Cl)c1)C1CCC1. The van der Waals surface area contributed by atoms with Gasteiger partial charge < -0.3 is 5.32 Å². The van der Waals surface area contributed by atoms with Crippen LogP contribution >= 0.6 is 11.6 Å². The van der Waals surface area contributed by atoms with Gasteiger partial charge in [0.2, 0.25) is 5.91 Å². The van der Waals surface area contributed by atoms with Crippen molar-refractivity contribution in [1.29, 1.82) is 0 Å². The Kier molecular flexibility index (Phi) is 3.27. The summed E-state index contributed by atoms with van der Waals surface area (Å²) < 4.78 is 0. The molecule has 1 fully saturated rings. The summed E-state index contributed by atoms with van der Waals surface area (Å²) in [6.45, 7) is 0.579. The molecule has 0 aromatic heterocycles. The van der Waals surface area contributed by atoms with Crippen LogP contribution in [-0.4, -0.2) is 5.91 Å². The smallest absolute Gasteiger partial charge is 0.223 e. The molecule has 0 saturated heterocycles. The van der Waals surface area contributed by atoms with Crippen LogP contribution in [0.2, 0.25) is 5.02 Å². The van der Waals surface area contributed by atoms with E-state index in [1.807, 2.05) is 24.3 Å². The average molecular weight is 224 g/mol. The molecule has 80 valence electrons. The molecular formula is C12H14ClNO. The summed E-state index contributed by atoms with van der Waals surface area (Å²) in [6, 6.07) is 7.57. The lowest BCUT2D eigenvalue weighted by Crippen LogP contribution is -2.33. The highest BCUT2D eigenvalue weighted by atomic mass is 35.5. The molecule has 1 aliphatic carbocycles. The van der Waals surface area contributed by atoms with E-state index in [4.69, 9.17) is 11.6 Å². The summed E-state index contributed by atoms with van der Waals surface area (Å²) in [7, 11) is 0. The van der Waals surface area contributed by atoms with Crippen LogP contribution in [0.4, 0.5) is 0 Å². The van der Waals surface area contributed by atoms with Gasteiger partial charge in [0.05, 0.1) is 0 Å². The van der Waals surface area contributed by atoms with Crippen molar-refractivity contribution in [3.63, 3.8) is 0 Å². The Labute approximate surface area is 94.6 Å². The molecule has 1 N–H and O–H groups in total. The van der Waals surface area contributed by atoms with Gasteiger partial charge in [-0.25, -0.2) is 0 Å². The van der Waals surface area contributed by atoms with Gasteiger partial charge in [-0.2, -0.15) is 0 Å². The molecule has 0 heterocycles. The van der Waals surface area contributed by atoms with Crippen molar-refractivity contribution >= 4 is 17.5 Å². The number of carbonyl (C=O) groups is 1. The van der Waals surface area contributed by atoms with E-state index in [0.717, 1.165) is 18.4 Å². The first-order valence-corrected chi connectivity index (χ1v) is 5.65. The Morgan fingerprint density at radius 2 is 2.27 bits per heavy atom. The largest absolute Gasteiger partial charge is 0.352 e. The van der Waals surface area contributed by atoms with Crippen LogP contribution in [0.3, 0.4) is 0 Å². The van der Waals surface area contributed by atoms with Crippen LogP contribution in [0.1, 0.15) is 24.8 Å². The van der Waals surface area contributed by atoms with Crippen molar-refractivity contribution in [3.8, 4) is 0 Å². The number of hydrogen-bond donors (Lipinski definition) is 1. The van der Waals surface area contributed by atoms with Crippen molar-refractivity contribution in [2.75, 3.05) is 0 Å². The van der Waals surface area contributed by atoms with Crippen LogP contribution in [-0.2, 0) is 11.3 Å². The van der Waals surface area contributed by atoms with E-state index in [9.17, 15) is 4.79 Å². The number of nitrogens with one attached hydrogen (secondary N) is 1. The molecule has 1 aromatic rings. The summed E-state index contributed by atoms with van der Waals surface area (Å²) >= 11 is 5.85.